The van der Waals surface area contributed by atoms with Gasteiger partial charge in [-0.2, -0.15) is 0 Å². The van der Waals surface area contributed by atoms with Crippen LogP contribution in [-0.2, 0) is 0 Å². The van der Waals surface area contributed by atoms with Crippen molar-refractivity contribution < 1.29 is 9.90 Å². The van der Waals surface area contributed by atoms with E-state index >= 15 is 0 Å². The third kappa shape index (κ3) is 2.58. The second-order valence-electron chi connectivity index (χ2n) is 5.08. The molecular formula is C13H18N2O2. The van der Waals surface area contributed by atoms with Crippen molar-refractivity contribution in [1.29, 1.82) is 0 Å². The fraction of sp³-hybridized carbons (Fsp3) is 0.462. The number of anilines is 1. The Morgan fingerprint density at radius 3 is 2.59 bits per heavy atom. The van der Waals surface area contributed by atoms with Crippen LogP contribution >= 0.6 is 0 Å². The van der Waals surface area contributed by atoms with Crippen molar-refractivity contribution in [3.63, 3.8) is 0 Å². The van der Waals surface area contributed by atoms with Crippen LogP contribution in [0.1, 0.15) is 20.3 Å². The van der Waals surface area contributed by atoms with Crippen LogP contribution in [-0.4, -0.2) is 34.2 Å². The van der Waals surface area contributed by atoms with E-state index in [1.165, 1.54) is 0 Å². The van der Waals surface area contributed by atoms with Crippen LogP contribution in [0.5, 0.6) is 0 Å². The zero-order chi connectivity index (χ0) is 12.5. The molecule has 1 fully saturated rings. The summed E-state index contributed by atoms with van der Waals surface area (Å²) in [6, 6.07) is 9.19. The molecule has 1 saturated heterocycles. The van der Waals surface area contributed by atoms with Crippen LogP contribution in [0.2, 0.25) is 0 Å². The minimum Gasteiger partial charge on any atom is -0.391 e. The zero-order valence-electron chi connectivity index (χ0n) is 10.2. The molecule has 1 heterocycles. The van der Waals surface area contributed by atoms with Crippen LogP contribution in [0.4, 0.5) is 10.5 Å². The monoisotopic (exact) mass is 234 g/mol. The first-order valence-electron chi connectivity index (χ1n) is 5.81. The number of aliphatic hydroxyl groups is 1. The second-order valence-corrected chi connectivity index (χ2v) is 5.08. The number of aliphatic hydroxyl groups excluding tert-OH is 1. The summed E-state index contributed by atoms with van der Waals surface area (Å²) in [5, 5.41) is 12.5. The molecule has 1 unspecified atom stereocenters. The highest BCUT2D eigenvalue weighted by atomic mass is 16.3. The summed E-state index contributed by atoms with van der Waals surface area (Å²) in [6.07, 6.45) is 0.196. The molecule has 0 radical (unpaired) electrons. The Bertz CT molecular complexity index is 403. The summed E-state index contributed by atoms with van der Waals surface area (Å²) in [5.41, 5.74) is 0.479. The van der Waals surface area contributed by atoms with Crippen molar-refractivity contribution in [2.45, 2.75) is 31.9 Å². The Kier molecular flexibility index (Phi) is 3.07. The molecule has 4 nitrogen and oxygen atoms in total. The van der Waals surface area contributed by atoms with E-state index in [1.807, 2.05) is 44.2 Å². The van der Waals surface area contributed by atoms with E-state index in [4.69, 9.17) is 0 Å². The lowest BCUT2D eigenvalue weighted by Gasteiger charge is -2.31. The minimum absolute atomic E-state index is 0.155. The number of urea groups is 1. The lowest BCUT2D eigenvalue weighted by molar-refractivity contribution is 0.170. The van der Waals surface area contributed by atoms with E-state index < -0.39 is 6.10 Å². The second kappa shape index (κ2) is 4.37. The number of hydrogen-bond acceptors (Lipinski definition) is 2. The number of hydrogen-bond donors (Lipinski definition) is 2. The number of likely N-dealkylation sites (tertiary alicyclic amines) is 1. The molecule has 0 bridgehead atoms. The smallest absolute Gasteiger partial charge is 0.322 e. The van der Waals surface area contributed by atoms with E-state index in [2.05, 4.69) is 5.32 Å². The molecule has 0 aromatic heterocycles. The minimum atomic E-state index is -0.425. The SMILES string of the molecule is CC1(C)CC(O)CN1C(=O)Nc1ccccc1. The van der Waals surface area contributed by atoms with Crippen molar-refractivity contribution >= 4 is 11.7 Å². The maximum Gasteiger partial charge on any atom is 0.322 e. The third-order valence-electron chi connectivity index (χ3n) is 3.13. The van der Waals surface area contributed by atoms with Gasteiger partial charge in [-0.05, 0) is 32.4 Å². The summed E-state index contributed by atoms with van der Waals surface area (Å²) in [7, 11) is 0. The van der Waals surface area contributed by atoms with Crippen LogP contribution in [0, 0.1) is 0 Å². The Balaban J connectivity index is 2.06. The molecule has 2 rings (SSSR count). The van der Waals surface area contributed by atoms with Crippen LogP contribution in [0.25, 0.3) is 0 Å². The average Bonchev–Trinajstić information content (AvgIpc) is 2.53. The lowest BCUT2D eigenvalue weighted by Crippen LogP contribution is -2.45. The van der Waals surface area contributed by atoms with E-state index in [9.17, 15) is 9.90 Å². The van der Waals surface area contributed by atoms with Gasteiger partial charge in [-0.1, -0.05) is 18.2 Å². The van der Waals surface area contributed by atoms with Gasteiger partial charge in [-0.25, -0.2) is 4.79 Å². The summed E-state index contributed by atoms with van der Waals surface area (Å²) >= 11 is 0. The Labute approximate surface area is 101 Å². The Morgan fingerprint density at radius 2 is 2.06 bits per heavy atom. The lowest BCUT2D eigenvalue weighted by atomic mass is 10.0. The van der Waals surface area contributed by atoms with Gasteiger partial charge in [0.1, 0.15) is 0 Å². The van der Waals surface area contributed by atoms with E-state index in [0.717, 1.165) is 5.69 Å². The molecule has 0 saturated carbocycles. The first-order chi connectivity index (χ1) is 7.99. The summed E-state index contributed by atoms with van der Waals surface area (Å²) in [4.78, 5) is 13.8. The van der Waals surface area contributed by atoms with Gasteiger partial charge >= 0.3 is 6.03 Å². The predicted octanol–water partition coefficient (Wildman–Crippen LogP) is 2.06. The fourth-order valence-electron chi connectivity index (χ4n) is 2.28. The first kappa shape index (κ1) is 11.9. The number of rotatable bonds is 1. The molecule has 0 aliphatic carbocycles. The molecule has 17 heavy (non-hydrogen) atoms. The van der Waals surface area contributed by atoms with Gasteiger partial charge < -0.3 is 15.3 Å². The maximum atomic E-state index is 12.1. The molecule has 92 valence electrons. The number of benzene rings is 1. The molecule has 2 amide bonds. The molecule has 1 aromatic rings. The largest absolute Gasteiger partial charge is 0.391 e. The van der Waals surface area contributed by atoms with Crippen LogP contribution < -0.4 is 5.32 Å². The van der Waals surface area contributed by atoms with Gasteiger partial charge in [0.05, 0.1) is 6.10 Å². The standard InChI is InChI=1S/C13H18N2O2/c1-13(2)8-11(16)9-15(13)12(17)14-10-6-4-3-5-7-10/h3-7,11,16H,8-9H2,1-2H3,(H,14,17). The molecule has 1 aliphatic heterocycles. The predicted molar refractivity (Wildman–Crippen MR) is 66.9 cm³/mol. The number of carbonyl (C=O) groups is 1. The summed E-state index contributed by atoms with van der Waals surface area (Å²) in [6.45, 7) is 4.33. The van der Waals surface area contributed by atoms with Crippen molar-refractivity contribution in [1.82, 2.24) is 4.90 Å². The Morgan fingerprint density at radius 1 is 1.41 bits per heavy atom. The van der Waals surface area contributed by atoms with Crippen molar-refractivity contribution in [3.05, 3.63) is 30.3 Å². The summed E-state index contributed by atoms with van der Waals surface area (Å²) < 4.78 is 0. The first-order valence-corrected chi connectivity index (χ1v) is 5.81. The highest BCUT2D eigenvalue weighted by Gasteiger charge is 2.40. The Hall–Kier alpha value is -1.55. The molecule has 4 heteroatoms. The maximum absolute atomic E-state index is 12.1. The number of nitrogens with zero attached hydrogens (tertiary/aromatic N) is 1. The zero-order valence-corrected chi connectivity index (χ0v) is 10.2. The van der Waals surface area contributed by atoms with Gasteiger partial charge in [0, 0.05) is 17.8 Å². The van der Waals surface area contributed by atoms with E-state index in [-0.39, 0.29) is 11.6 Å². The highest BCUT2D eigenvalue weighted by molar-refractivity contribution is 5.90. The van der Waals surface area contributed by atoms with Gasteiger partial charge in [-0.3, -0.25) is 0 Å². The van der Waals surface area contributed by atoms with E-state index in [0.29, 0.717) is 13.0 Å². The van der Waals surface area contributed by atoms with E-state index in [1.54, 1.807) is 4.90 Å². The van der Waals surface area contributed by atoms with Gasteiger partial charge in [0.2, 0.25) is 0 Å². The molecule has 1 aromatic carbocycles. The normalized spacial score (nSPS) is 22.5. The number of carbonyl (C=O) groups excluding carboxylic acids is 1. The van der Waals surface area contributed by atoms with Crippen LogP contribution in [0.3, 0.4) is 0 Å². The highest BCUT2D eigenvalue weighted by Crippen LogP contribution is 2.29. The van der Waals surface area contributed by atoms with Crippen molar-refractivity contribution in [2.75, 3.05) is 11.9 Å². The average molecular weight is 234 g/mol. The number of para-hydroxylation sites is 1. The number of β-amino-alcohol motifs (C(OH)–C–C–N with tert-alkyl or cyclic N) is 1. The molecular weight excluding hydrogens is 216 g/mol. The van der Waals surface area contributed by atoms with Crippen molar-refractivity contribution in [2.24, 2.45) is 0 Å². The fourth-order valence-corrected chi connectivity index (χ4v) is 2.28. The molecule has 1 atom stereocenters. The number of nitrogens with one attached hydrogen (secondary N) is 1. The number of amides is 2. The van der Waals surface area contributed by atoms with Gasteiger partial charge in [0.25, 0.3) is 0 Å². The van der Waals surface area contributed by atoms with Gasteiger partial charge in [-0.15, -0.1) is 0 Å². The molecule has 1 aliphatic rings. The molecule has 0 spiro atoms. The molecule has 2 N–H and O–H groups in total. The van der Waals surface area contributed by atoms with Crippen LogP contribution in [0.15, 0.2) is 30.3 Å². The summed E-state index contributed by atoms with van der Waals surface area (Å²) in [5.74, 6) is 0. The quantitative estimate of drug-likeness (QED) is 0.781. The van der Waals surface area contributed by atoms with Crippen molar-refractivity contribution in [3.8, 4) is 0 Å². The third-order valence-corrected chi connectivity index (χ3v) is 3.13. The topological polar surface area (TPSA) is 52.6 Å². The van der Waals surface area contributed by atoms with Gasteiger partial charge in [0.15, 0.2) is 0 Å².